The van der Waals surface area contributed by atoms with Crippen LogP contribution in [-0.2, 0) is 0 Å². The molecule has 0 atom stereocenters. The van der Waals surface area contributed by atoms with Crippen LogP contribution in [0.25, 0.3) is 0 Å². The normalized spacial score (nSPS) is 10.1. The van der Waals surface area contributed by atoms with Crippen LogP contribution in [0.15, 0.2) is 46.9 Å². The maximum absolute atomic E-state index is 13.5. The van der Waals surface area contributed by atoms with Crippen molar-refractivity contribution in [2.75, 3.05) is 5.32 Å². The van der Waals surface area contributed by atoms with Gasteiger partial charge < -0.3 is 10.4 Å². The van der Waals surface area contributed by atoms with Crippen molar-refractivity contribution in [3.05, 3.63) is 58.3 Å². The average Bonchev–Trinajstić information content (AvgIpc) is 2.33. The van der Waals surface area contributed by atoms with E-state index < -0.39 is 11.7 Å². The molecule has 0 saturated heterocycles. The molecule has 0 aromatic heterocycles. The number of nitrogens with one attached hydrogen (secondary N) is 1. The van der Waals surface area contributed by atoms with E-state index in [0.717, 1.165) is 0 Å². The van der Waals surface area contributed by atoms with E-state index in [1.807, 2.05) is 0 Å². The summed E-state index contributed by atoms with van der Waals surface area (Å²) in [6, 6.07) is 10.4. The van der Waals surface area contributed by atoms with Crippen LogP contribution in [0.2, 0.25) is 0 Å². The quantitative estimate of drug-likeness (QED) is 0.891. The van der Waals surface area contributed by atoms with Gasteiger partial charge in [-0.05, 0) is 30.3 Å². The van der Waals surface area contributed by atoms with Crippen LogP contribution in [0, 0.1) is 5.82 Å². The second-order valence-electron chi connectivity index (χ2n) is 3.60. The molecule has 0 spiro atoms. The highest BCUT2D eigenvalue weighted by molar-refractivity contribution is 9.10. The van der Waals surface area contributed by atoms with Gasteiger partial charge in [-0.25, -0.2) is 4.39 Å². The number of phenolic OH excluding ortho intramolecular Hbond substituents is 1. The fourth-order valence-corrected chi connectivity index (χ4v) is 1.78. The van der Waals surface area contributed by atoms with Gasteiger partial charge in [0.1, 0.15) is 11.6 Å². The molecule has 5 heteroatoms. The largest absolute Gasteiger partial charge is 0.507 e. The standard InChI is InChI=1S/C13H9BrFNO2/c14-8-5-6-11(10(15)7-8)16-13(18)9-3-1-2-4-12(9)17/h1-7,17H,(H,16,18). The van der Waals surface area contributed by atoms with Gasteiger partial charge in [0.15, 0.2) is 0 Å². The van der Waals surface area contributed by atoms with Gasteiger partial charge in [-0.3, -0.25) is 4.79 Å². The first-order valence-electron chi connectivity index (χ1n) is 5.12. The minimum Gasteiger partial charge on any atom is -0.507 e. The van der Waals surface area contributed by atoms with Crippen molar-refractivity contribution in [1.82, 2.24) is 0 Å². The van der Waals surface area contributed by atoms with Crippen LogP contribution in [0.4, 0.5) is 10.1 Å². The second-order valence-corrected chi connectivity index (χ2v) is 4.51. The lowest BCUT2D eigenvalue weighted by atomic mass is 10.2. The molecule has 1 amide bonds. The zero-order chi connectivity index (χ0) is 13.1. The molecule has 3 nitrogen and oxygen atoms in total. The van der Waals surface area contributed by atoms with E-state index in [2.05, 4.69) is 21.2 Å². The van der Waals surface area contributed by atoms with Crippen LogP contribution in [0.3, 0.4) is 0 Å². The van der Waals surface area contributed by atoms with E-state index in [9.17, 15) is 14.3 Å². The molecule has 2 aromatic carbocycles. The summed E-state index contributed by atoms with van der Waals surface area (Å²) < 4.78 is 14.1. The molecule has 18 heavy (non-hydrogen) atoms. The van der Waals surface area contributed by atoms with E-state index in [4.69, 9.17) is 0 Å². The zero-order valence-electron chi connectivity index (χ0n) is 9.15. The van der Waals surface area contributed by atoms with E-state index >= 15 is 0 Å². The Balaban J connectivity index is 2.24. The number of phenols is 1. The Kier molecular flexibility index (Phi) is 3.62. The molecule has 0 bridgehead atoms. The predicted molar refractivity (Wildman–Crippen MR) is 70.2 cm³/mol. The van der Waals surface area contributed by atoms with Gasteiger partial charge in [-0.1, -0.05) is 28.1 Å². The van der Waals surface area contributed by atoms with Crippen LogP contribution >= 0.6 is 15.9 Å². The number of halogens is 2. The van der Waals surface area contributed by atoms with Gasteiger partial charge in [0, 0.05) is 4.47 Å². The van der Waals surface area contributed by atoms with E-state index in [1.165, 1.54) is 24.3 Å². The number of anilines is 1. The summed E-state index contributed by atoms with van der Waals surface area (Å²) in [5, 5.41) is 11.9. The van der Waals surface area contributed by atoms with E-state index in [-0.39, 0.29) is 17.0 Å². The molecule has 92 valence electrons. The summed E-state index contributed by atoms with van der Waals surface area (Å²) >= 11 is 3.13. The van der Waals surface area contributed by atoms with Crippen LogP contribution in [-0.4, -0.2) is 11.0 Å². The Morgan fingerprint density at radius 3 is 2.61 bits per heavy atom. The van der Waals surface area contributed by atoms with Gasteiger partial charge >= 0.3 is 0 Å². The number of hydrogen-bond donors (Lipinski definition) is 2. The fraction of sp³-hybridized carbons (Fsp3) is 0. The highest BCUT2D eigenvalue weighted by atomic mass is 79.9. The Bertz CT molecular complexity index is 601. The van der Waals surface area contributed by atoms with Crippen molar-refractivity contribution < 1.29 is 14.3 Å². The molecule has 0 fully saturated rings. The maximum atomic E-state index is 13.5. The lowest BCUT2D eigenvalue weighted by Crippen LogP contribution is -2.13. The molecule has 2 aromatic rings. The van der Waals surface area contributed by atoms with Crippen molar-refractivity contribution in [3.63, 3.8) is 0 Å². The number of para-hydroxylation sites is 1. The number of carbonyl (C=O) groups is 1. The number of carbonyl (C=O) groups excluding carboxylic acids is 1. The summed E-state index contributed by atoms with van der Waals surface area (Å²) in [5.74, 6) is -1.25. The molecule has 0 radical (unpaired) electrons. The van der Waals surface area contributed by atoms with Crippen molar-refractivity contribution in [2.45, 2.75) is 0 Å². The number of hydrogen-bond acceptors (Lipinski definition) is 2. The summed E-state index contributed by atoms with van der Waals surface area (Å²) in [7, 11) is 0. The first-order chi connectivity index (χ1) is 8.58. The first-order valence-corrected chi connectivity index (χ1v) is 5.91. The Labute approximate surface area is 111 Å². The number of amides is 1. The van der Waals surface area contributed by atoms with E-state index in [1.54, 1.807) is 18.2 Å². The van der Waals surface area contributed by atoms with Crippen molar-refractivity contribution in [3.8, 4) is 5.75 Å². The van der Waals surface area contributed by atoms with Crippen LogP contribution in [0.5, 0.6) is 5.75 Å². The number of benzene rings is 2. The predicted octanol–water partition coefficient (Wildman–Crippen LogP) is 3.55. The molecule has 2 rings (SSSR count). The Hall–Kier alpha value is -1.88. The smallest absolute Gasteiger partial charge is 0.259 e. The number of rotatable bonds is 2. The van der Waals surface area contributed by atoms with Gasteiger partial charge in [-0.15, -0.1) is 0 Å². The molecular formula is C13H9BrFNO2. The second kappa shape index (κ2) is 5.18. The SMILES string of the molecule is O=C(Nc1ccc(Br)cc1F)c1ccccc1O. The molecule has 0 saturated carbocycles. The summed E-state index contributed by atoms with van der Waals surface area (Å²) in [5.41, 5.74) is 0.159. The van der Waals surface area contributed by atoms with Crippen molar-refractivity contribution in [2.24, 2.45) is 0 Å². The Morgan fingerprint density at radius 2 is 1.94 bits per heavy atom. The van der Waals surface area contributed by atoms with Gasteiger partial charge in [0.05, 0.1) is 11.3 Å². The monoisotopic (exact) mass is 309 g/mol. The minimum absolute atomic E-state index is 0.0615. The third kappa shape index (κ3) is 2.68. The third-order valence-electron chi connectivity index (χ3n) is 2.33. The highest BCUT2D eigenvalue weighted by Gasteiger charge is 2.12. The Morgan fingerprint density at radius 1 is 1.22 bits per heavy atom. The van der Waals surface area contributed by atoms with Crippen LogP contribution < -0.4 is 5.32 Å². The van der Waals surface area contributed by atoms with Crippen molar-refractivity contribution >= 4 is 27.5 Å². The molecule has 0 aliphatic carbocycles. The minimum atomic E-state index is -0.561. The number of aromatic hydroxyl groups is 1. The molecule has 2 N–H and O–H groups in total. The third-order valence-corrected chi connectivity index (χ3v) is 2.82. The average molecular weight is 310 g/mol. The zero-order valence-corrected chi connectivity index (χ0v) is 10.7. The summed E-state index contributed by atoms with van der Waals surface area (Å²) in [6.07, 6.45) is 0. The molecular weight excluding hydrogens is 301 g/mol. The lowest BCUT2D eigenvalue weighted by Gasteiger charge is -2.07. The molecule has 0 heterocycles. The van der Waals surface area contributed by atoms with Crippen LogP contribution in [0.1, 0.15) is 10.4 Å². The van der Waals surface area contributed by atoms with Gasteiger partial charge in [0.25, 0.3) is 5.91 Å². The summed E-state index contributed by atoms with van der Waals surface area (Å²) in [4.78, 5) is 11.8. The fourth-order valence-electron chi connectivity index (χ4n) is 1.45. The van der Waals surface area contributed by atoms with Gasteiger partial charge in [0.2, 0.25) is 0 Å². The molecule has 0 aliphatic heterocycles. The molecule has 0 unspecified atom stereocenters. The first kappa shape index (κ1) is 12.6. The van der Waals surface area contributed by atoms with Crippen molar-refractivity contribution in [1.29, 1.82) is 0 Å². The maximum Gasteiger partial charge on any atom is 0.259 e. The summed E-state index contributed by atoms with van der Waals surface area (Å²) in [6.45, 7) is 0. The highest BCUT2D eigenvalue weighted by Crippen LogP contribution is 2.22. The van der Waals surface area contributed by atoms with E-state index in [0.29, 0.717) is 4.47 Å². The molecule has 0 aliphatic rings. The van der Waals surface area contributed by atoms with Gasteiger partial charge in [-0.2, -0.15) is 0 Å². The lowest BCUT2D eigenvalue weighted by molar-refractivity contribution is 0.102. The topological polar surface area (TPSA) is 49.3 Å².